The first-order chi connectivity index (χ1) is 18.9. The molecule has 2 N–H and O–H groups in total. The second-order valence-electron chi connectivity index (χ2n) is 9.53. The van der Waals surface area contributed by atoms with Crippen LogP contribution in [0.2, 0.25) is 5.02 Å². The minimum absolute atomic E-state index is 0.0892. The third-order valence-electron chi connectivity index (χ3n) is 6.91. The molecule has 2 aliphatic rings. The Bertz CT molecular complexity index is 1420. The van der Waals surface area contributed by atoms with E-state index in [0.717, 1.165) is 11.1 Å². The Morgan fingerprint density at radius 2 is 2.08 bits per heavy atom. The van der Waals surface area contributed by atoms with E-state index in [-0.39, 0.29) is 30.4 Å². The normalized spacial score (nSPS) is 20.4. The third-order valence-corrected chi connectivity index (χ3v) is 7.14. The lowest BCUT2D eigenvalue weighted by Crippen LogP contribution is -2.41. The summed E-state index contributed by atoms with van der Waals surface area (Å²) in [5, 5.41) is 3.57. The van der Waals surface area contributed by atoms with Gasteiger partial charge in [0.15, 0.2) is 0 Å². The summed E-state index contributed by atoms with van der Waals surface area (Å²) in [4.78, 5) is 47.4. The number of nitrogens with one attached hydrogen (secondary N) is 2. The highest BCUT2D eigenvalue weighted by atomic mass is 35.5. The Morgan fingerprint density at radius 1 is 1.21 bits per heavy atom. The van der Waals surface area contributed by atoms with Crippen molar-refractivity contribution in [2.45, 2.75) is 44.2 Å². The quantitative estimate of drug-likeness (QED) is 0.317. The first kappa shape index (κ1) is 26.5. The number of allylic oxidation sites excluding steroid dienone is 1. The van der Waals surface area contributed by atoms with Gasteiger partial charge in [0.2, 0.25) is 5.91 Å². The number of amides is 2. The summed E-state index contributed by atoms with van der Waals surface area (Å²) in [5.74, 6) is 0.107. The molecule has 1 saturated heterocycles. The van der Waals surface area contributed by atoms with Crippen LogP contribution in [0.4, 0.5) is 10.5 Å². The number of anilines is 1. The van der Waals surface area contributed by atoms with E-state index in [1.807, 2.05) is 42.5 Å². The number of aromatic amines is 1. The van der Waals surface area contributed by atoms with E-state index in [1.165, 1.54) is 7.11 Å². The highest BCUT2D eigenvalue weighted by molar-refractivity contribution is 6.30. The molecular weight excluding hydrogens is 520 g/mol. The second-order valence-corrected chi connectivity index (χ2v) is 9.97. The molecule has 5 rings (SSSR count). The van der Waals surface area contributed by atoms with Crippen molar-refractivity contribution in [2.24, 2.45) is 0 Å². The van der Waals surface area contributed by atoms with E-state index in [2.05, 4.69) is 15.3 Å². The molecule has 2 aromatic carbocycles. The number of imidazole rings is 1. The minimum atomic E-state index is -0.420. The van der Waals surface area contributed by atoms with Crippen LogP contribution in [0.5, 0.6) is 0 Å². The standard InChI is InChI=1S/C29H29ClN4O5/c1-38-27(36)15-18-10-11-21-22(14-18)32-26(35)9-4-2-3-8-24(28-31-17-23(21)33-28)34-13-12-25(39-29(34)37)19-6-5-7-20(30)16-19/h2-3,5-7,10-11,14,16-17,24-25H,4,8-9,12-13,15H2,1H3,(H,31,33)(H,32,35)/b3-2+/t24-,25-/m0/s1. The summed E-state index contributed by atoms with van der Waals surface area (Å²) in [7, 11) is 1.34. The Hall–Kier alpha value is -4.11. The summed E-state index contributed by atoms with van der Waals surface area (Å²) in [6, 6.07) is 12.4. The van der Waals surface area contributed by atoms with Crippen molar-refractivity contribution in [1.82, 2.24) is 14.9 Å². The molecular formula is C29H29ClN4O5. The summed E-state index contributed by atoms with van der Waals surface area (Å²) in [6.45, 7) is 0.484. The van der Waals surface area contributed by atoms with Crippen molar-refractivity contribution in [3.05, 3.63) is 82.8 Å². The number of hydrogen-bond donors (Lipinski definition) is 2. The number of hydrogen-bond acceptors (Lipinski definition) is 6. The van der Waals surface area contributed by atoms with Gasteiger partial charge >= 0.3 is 12.1 Å². The summed E-state index contributed by atoms with van der Waals surface area (Å²) >= 11 is 6.14. The molecule has 2 amide bonds. The predicted molar refractivity (Wildman–Crippen MR) is 146 cm³/mol. The topological polar surface area (TPSA) is 114 Å². The Labute approximate surface area is 231 Å². The molecule has 39 heavy (non-hydrogen) atoms. The first-order valence-electron chi connectivity index (χ1n) is 12.8. The van der Waals surface area contributed by atoms with Gasteiger partial charge in [-0.3, -0.25) is 14.5 Å². The van der Waals surface area contributed by atoms with Gasteiger partial charge < -0.3 is 19.8 Å². The van der Waals surface area contributed by atoms with Gasteiger partial charge in [-0.1, -0.05) is 48.0 Å². The number of esters is 1. The van der Waals surface area contributed by atoms with E-state index in [0.29, 0.717) is 60.0 Å². The molecule has 1 aromatic heterocycles. The van der Waals surface area contributed by atoms with Crippen molar-refractivity contribution in [3.63, 3.8) is 0 Å². The maximum Gasteiger partial charge on any atom is 0.411 e. The molecule has 1 fully saturated rings. The van der Waals surface area contributed by atoms with Crippen LogP contribution in [0.3, 0.4) is 0 Å². The Kier molecular flexibility index (Phi) is 7.97. The number of rotatable bonds is 4. The van der Waals surface area contributed by atoms with Gasteiger partial charge in [-0.2, -0.15) is 0 Å². The van der Waals surface area contributed by atoms with E-state index >= 15 is 0 Å². The van der Waals surface area contributed by atoms with Crippen molar-refractivity contribution in [1.29, 1.82) is 0 Å². The van der Waals surface area contributed by atoms with Crippen molar-refractivity contribution >= 4 is 35.3 Å². The number of carbonyl (C=O) groups is 3. The van der Waals surface area contributed by atoms with Crippen LogP contribution in [-0.4, -0.2) is 46.5 Å². The lowest BCUT2D eigenvalue weighted by Gasteiger charge is -2.36. The summed E-state index contributed by atoms with van der Waals surface area (Å²) in [6.07, 6.45) is 6.86. The predicted octanol–water partition coefficient (Wildman–Crippen LogP) is 5.75. The zero-order valence-corrected chi connectivity index (χ0v) is 22.2. The maximum absolute atomic E-state index is 13.2. The summed E-state index contributed by atoms with van der Waals surface area (Å²) < 4.78 is 10.6. The third kappa shape index (κ3) is 6.15. The highest BCUT2D eigenvalue weighted by Gasteiger charge is 2.35. The molecule has 0 saturated carbocycles. The molecule has 0 spiro atoms. The Balaban J connectivity index is 1.43. The number of H-pyrrole nitrogens is 1. The van der Waals surface area contributed by atoms with Crippen LogP contribution in [0, 0.1) is 0 Å². The maximum atomic E-state index is 13.2. The fourth-order valence-electron chi connectivity index (χ4n) is 4.90. The molecule has 3 heterocycles. The van der Waals surface area contributed by atoms with Gasteiger partial charge in [-0.15, -0.1) is 0 Å². The molecule has 2 atom stereocenters. The number of cyclic esters (lactones) is 1. The number of methoxy groups -OCH3 is 1. The van der Waals surface area contributed by atoms with Crippen molar-refractivity contribution in [2.75, 3.05) is 19.0 Å². The number of carbonyl (C=O) groups excluding carboxylic acids is 3. The van der Waals surface area contributed by atoms with Crippen molar-refractivity contribution in [3.8, 4) is 11.3 Å². The molecule has 202 valence electrons. The molecule has 9 nitrogen and oxygen atoms in total. The largest absolute Gasteiger partial charge is 0.469 e. The van der Waals surface area contributed by atoms with E-state index in [4.69, 9.17) is 21.1 Å². The van der Waals surface area contributed by atoms with Crippen LogP contribution in [0.15, 0.2) is 60.8 Å². The van der Waals surface area contributed by atoms with Gasteiger partial charge in [-0.05, 0) is 42.2 Å². The monoisotopic (exact) mass is 548 g/mol. The fourth-order valence-corrected chi connectivity index (χ4v) is 5.10. The van der Waals surface area contributed by atoms with Crippen LogP contribution >= 0.6 is 11.6 Å². The number of aromatic nitrogens is 2. The van der Waals surface area contributed by atoms with Crippen LogP contribution < -0.4 is 5.32 Å². The van der Waals surface area contributed by atoms with Gasteiger partial charge in [0.05, 0.1) is 37.2 Å². The average molecular weight is 549 g/mol. The molecule has 10 heteroatoms. The van der Waals surface area contributed by atoms with Crippen molar-refractivity contribution < 1.29 is 23.9 Å². The molecule has 0 aliphatic carbocycles. The molecule has 3 aromatic rings. The zero-order chi connectivity index (χ0) is 27.4. The van der Waals surface area contributed by atoms with E-state index in [9.17, 15) is 14.4 Å². The van der Waals surface area contributed by atoms with Crippen LogP contribution in [-0.2, 0) is 25.5 Å². The molecule has 2 aliphatic heterocycles. The average Bonchev–Trinajstić information content (AvgIpc) is 3.40. The Morgan fingerprint density at radius 3 is 2.87 bits per heavy atom. The number of ether oxygens (including phenoxy) is 2. The lowest BCUT2D eigenvalue weighted by molar-refractivity contribution is -0.139. The van der Waals surface area contributed by atoms with E-state index < -0.39 is 6.09 Å². The molecule has 0 unspecified atom stereocenters. The summed E-state index contributed by atoms with van der Waals surface area (Å²) in [5.41, 5.74) is 3.56. The first-order valence-corrected chi connectivity index (χ1v) is 13.2. The van der Waals surface area contributed by atoms with Gasteiger partial charge in [0, 0.05) is 30.0 Å². The minimum Gasteiger partial charge on any atom is -0.469 e. The van der Waals surface area contributed by atoms with Crippen LogP contribution in [0.25, 0.3) is 11.3 Å². The van der Waals surface area contributed by atoms with Gasteiger partial charge in [-0.25, -0.2) is 9.78 Å². The number of fused-ring (bicyclic) bond motifs is 4. The molecule has 0 radical (unpaired) electrons. The number of nitrogens with zero attached hydrogens (tertiary/aromatic N) is 2. The van der Waals surface area contributed by atoms with Gasteiger partial charge in [0.1, 0.15) is 11.9 Å². The van der Waals surface area contributed by atoms with E-state index in [1.54, 1.807) is 23.2 Å². The SMILES string of the molecule is COC(=O)Cc1ccc2c(c1)NC(=O)CC/C=C/C[C@H](N1CC[C@@H](c3cccc(Cl)c3)OC1=O)c1ncc-2[nH]1. The molecule has 2 bridgehead atoms. The zero-order valence-electron chi connectivity index (χ0n) is 21.5. The second kappa shape index (κ2) is 11.7. The lowest BCUT2D eigenvalue weighted by atomic mass is 10.0. The number of benzene rings is 2. The fraction of sp³-hybridized carbons (Fsp3) is 0.310. The number of halogens is 1. The van der Waals surface area contributed by atoms with Crippen LogP contribution in [0.1, 0.15) is 54.8 Å². The smallest absolute Gasteiger partial charge is 0.411 e. The van der Waals surface area contributed by atoms with Gasteiger partial charge in [0.25, 0.3) is 0 Å². The highest BCUT2D eigenvalue weighted by Crippen LogP contribution is 2.35.